The molecule has 1 saturated heterocycles. The molecule has 2 rings (SSSR count). The van der Waals surface area contributed by atoms with Crippen LogP contribution in [0, 0.1) is 11.3 Å². The third-order valence-corrected chi connectivity index (χ3v) is 3.95. The van der Waals surface area contributed by atoms with Crippen LogP contribution in [-0.2, 0) is 6.54 Å². The summed E-state index contributed by atoms with van der Waals surface area (Å²) in [5.41, 5.74) is 3.19. The van der Waals surface area contributed by atoms with E-state index in [2.05, 4.69) is 49.2 Å². The first-order valence-electron chi connectivity index (χ1n) is 8.02. The molecule has 1 aliphatic heterocycles. The molecule has 0 bridgehead atoms. The van der Waals surface area contributed by atoms with Crippen LogP contribution in [0.4, 0.5) is 5.69 Å². The lowest BCUT2D eigenvalue weighted by molar-refractivity contribution is 0.424. The second-order valence-corrected chi connectivity index (χ2v) is 6.97. The predicted molar refractivity (Wildman–Crippen MR) is 88.4 cm³/mol. The maximum atomic E-state index is 9.47. The maximum absolute atomic E-state index is 9.47. The first-order valence-corrected chi connectivity index (χ1v) is 8.02. The van der Waals surface area contributed by atoms with Gasteiger partial charge in [-0.05, 0) is 51.3 Å². The molecular formula is C18H27N3. The van der Waals surface area contributed by atoms with Crippen molar-refractivity contribution in [3.63, 3.8) is 0 Å². The Bertz CT molecular complexity index is 500. The summed E-state index contributed by atoms with van der Waals surface area (Å²) in [5.74, 6) is 0. The number of nitrogens with one attached hydrogen (secondary N) is 1. The summed E-state index contributed by atoms with van der Waals surface area (Å²) in [4.78, 5) is 2.38. The Labute approximate surface area is 129 Å². The number of hydrogen-bond donors (Lipinski definition) is 1. The van der Waals surface area contributed by atoms with Gasteiger partial charge in [0.1, 0.15) is 6.07 Å². The molecule has 0 amide bonds. The SMILES string of the molecule is CC(C)(C)NCc1ccc(N2CCCCCC2)c(C#N)c1. The van der Waals surface area contributed by atoms with E-state index in [0.29, 0.717) is 0 Å². The van der Waals surface area contributed by atoms with Crippen molar-refractivity contribution >= 4 is 5.69 Å². The summed E-state index contributed by atoms with van der Waals surface area (Å²) in [6.07, 6.45) is 5.09. The van der Waals surface area contributed by atoms with Gasteiger partial charge in [0.25, 0.3) is 0 Å². The number of nitriles is 1. The minimum absolute atomic E-state index is 0.0935. The third kappa shape index (κ3) is 4.75. The van der Waals surface area contributed by atoms with Crippen molar-refractivity contribution in [3.8, 4) is 6.07 Å². The van der Waals surface area contributed by atoms with Gasteiger partial charge in [0.15, 0.2) is 0 Å². The summed E-state index contributed by atoms with van der Waals surface area (Å²) < 4.78 is 0. The highest BCUT2D eigenvalue weighted by Gasteiger charge is 2.15. The summed E-state index contributed by atoms with van der Waals surface area (Å²) in [7, 11) is 0. The zero-order valence-corrected chi connectivity index (χ0v) is 13.6. The van der Waals surface area contributed by atoms with Gasteiger partial charge < -0.3 is 10.2 Å². The van der Waals surface area contributed by atoms with E-state index in [1.807, 2.05) is 6.07 Å². The lowest BCUT2D eigenvalue weighted by atomic mass is 10.1. The fourth-order valence-electron chi connectivity index (χ4n) is 2.74. The molecule has 1 N–H and O–H groups in total. The van der Waals surface area contributed by atoms with Gasteiger partial charge >= 0.3 is 0 Å². The highest BCUT2D eigenvalue weighted by Crippen LogP contribution is 2.24. The molecule has 1 aromatic carbocycles. The molecule has 0 aromatic heterocycles. The second-order valence-electron chi connectivity index (χ2n) is 6.97. The minimum atomic E-state index is 0.0935. The Morgan fingerprint density at radius 1 is 1.14 bits per heavy atom. The number of hydrogen-bond acceptors (Lipinski definition) is 3. The molecule has 3 heteroatoms. The molecule has 0 spiro atoms. The first-order chi connectivity index (χ1) is 9.99. The monoisotopic (exact) mass is 285 g/mol. The lowest BCUT2D eigenvalue weighted by Gasteiger charge is -2.25. The smallest absolute Gasteiger partial charge is 0.101 e. The quantitative estimate of drug-likeness (QED) is 0.917. The van der Waals surface area contributed by atoms with Gasteiger partial charge in [-0.1, -0.05) is 18.9 Å². The summed E-state index contributed by atoms with van der Waals surface area (Å²) in [6.45, 7) is 9.43. The molecule has 1 aromatic rings. The average Bonchev–Trinajstić information content (AvgIpc) is 2.73. The molecule has 3 nitrogen and oxygen atoms in total. The molecule has 0 atom stereocenters. The molecule has 0 aliphatic carbocycles. The molecule has 114 valence electrons. The Morgan fingerprint density at radius 3 is 2.38 bits per heavy atom. The highest BCUT2D eigenvalue weighted by molar-refractivity contribution is 5.60. The summed E-state index contributed by atoms with van der Waals surface area (Å²) in [5, 5.41) is 13.0. The van der Waals surface area contributed by atoms with Gasteiger partial charge in [-0.15, -0.1) is 0 Å². The van der Waals surface area contributed by atoms with Crippen LogP contribution in [0.15, 0.2) is 18.2 Å². The minimum Gasteiger partial charge on any atom is -0.370 e. The van der Waals surface area contributed by atoms with Gasteiger partial charge in [0.05, 0.1) is 11.3 Å². The van der Waals surface area contributed by atoms with Gasteiger partial charge in [-0.2, -0.15) is 5.26 Å². The summed E-state index contributed by atoms with van der Waals surface area (Å²) in [6, 6.07) is 8.70. The van der Waals surface area contributed by atoms with Crippen LogP contribution in [0.1, 0.15) is 57.6 Å². The second kappa shape index (κ2) is 6.95. The zero-order chi connectivity index (χ0) is 15.3. The fraction of sp³-hybridized carbons (Fsp3) is 0.611. The van der Waals surface area contributed by atoms with Crippen molar-refractivity contribution in [1.82, 2.24) is 5.32 Å². The molecule has 0 saturated carbocycles. The fourth-order valence-corrected chi connectivity index (χ4v) is 2.74. The van der Waals surface area contributed by atoms with Crippen LogP contribution >= 0.6 is 0 Å². The lowest BCUT2D eigenvalue weighted by Crippen LogP contribution is -2.35. The topological polar surface area (TPSA) is 39.1 Å². The maximum Gasteiger partial charge on any atom is 0.101 e. The molecular weight excluding hydrogens is 258 g/mol. The zero-order valence-electron chi connectivity index (χ0n) is 13.6. The van der Waals surface area contributed by atoms with Gasteiger partial charge in [-0.25, -0.2) is 0 Å². The van der Waals surface area contributed by atoms with Crippen LogP contribution < -0.4 is 10.2 Å². The Hall–Kier alpha value is -1.53. The molecule has 1 aliphatic rings. The average molecular weight is 285 g/mol. The van der Waals surface area contributed by atoms with Gasteiger partial charge in [0.2, 0.25) is 0 Å². The van der Waals surface area contributed by atoms with E-state index in [-0.39, 0.29) is 5.54 Å². The molecule has 1 fully saturated rings. The number of nitrogens with zero attached hydrogens (tertiary/aromatic N) is 2. The van der Waals surface area contributed by atoms with Crippen LogP contribution in [0.2, 0.25) is 0 Å². The largest absolute Gasteiger partial charge is 0.370 e. The van der Waals surface area contributed by atoms with Gasteiger partial charge in [-0.3, -0.25) is 0 Å². The Morgan fingerprint density at radius 2 is 1.81 bits per heavy atom. The van der Waals surface area contributed by atoms with E-state index in [1.165, 1.54) is 31.2 Å². The van der Waals surface area contributed by atoms with Crippen LogP contribution in [0.5, 0.6) is 0 Å². The Kier molecular flexibility index (Phi) is 5.25. The van der Waals surface area contributed by atoms with Crippen molar-refractivity contribution in [2.24, 2.45) is 0 Å². The van der Waals surface area contributed by atoms with E-state index in [4.69, 9.17) is 0 Å². The summed E-state index contributed by atoms with van der Waals surface area (Å²) >= 11 is 0. The van der Waals surface area contributed by atoms with Crippen LogP contribution in [-0.4, -0.2) is 18.6 Å². The van der Waals surface area contributed by atoms with Crippen molar-refractivity contribution in [2.75, 3.05) is 18.0 Å². The van der Waals surface area contributed by atoms with Crippen molar-refractivity contribution in [3.05, 3.63) is 29.3 Å². The van der Waals surface area contributed by atoms with E-state index < -0.39 is 0 Å². The van der Waals surface area contributed by atoms with Crippen molar-refractivity contribution < 1.29 is 0 Å². The number of benzene rings is 1. The number of rotatable bonds is 3. The molecule has 21 heavy (non-hydrogen) atoms. The van der Waals surface area contributed by atoms with Gasteiger partial charge in [0, 0.05) is 25.2 Å². The predicted octanol–water partition coefficient (Wildman–Crippen LogP) is 3.83. The molecule has 0 unspecified atom stereocenters. The van der Waals surface area contributed by atoms with E-state index >= 15 is 0 Å². The van der Waals surface area contributed by atoms with Crippen molar-refractivity contribution in [2.45, 2.75) is 58.5 Å². The van der Waals surface area contributed by atoms with Crippen LogP contribution in [0.3, 0.4) is 0 Å². The van der Waals surface area contributed by atoms with Crippen LogP contribution in [0.25, 0.3) is 0 Å². The normalized spacial score (nSPS) is 16.4. The third-order valence-electron chi connectivity index (χ3n) is 3.95. The van der Waals surface area contributed by atoms with Crippen molar-refractivity contribution in [1.29, 1.82) is 5.26 Å². The highest BCUT2D eigenvalue weighted by atomic mass is 15.1. The number of anilines is 1. The first kappa shape index (κ1) is 15.9. The Balaban J connectivity index is 2.14. The standard InChI is InChI=1S/C18H27N3/c1-18(2,3)20-14-15-8-9-17(16(12-15)13-19)21-10-6-4-5-7-11-21/h8-9,12,20H,4-7,10-11,14H2,1-3H3. The van der Waals surface area contributed by atoms with E-state index in [1.54, 1.807) is 0 Å². The molecule has 0 radical (unpaired) electrons. The molecule has 1 heterocycles. The van der Waals surface area contributed by atoms with E-state index in [9.17, 15) is 5.26 Å². The van der Waals surface area contributed by atoms with E-state index in [0.717, 1.165) is 30.9 Å².